The number of amides is 1. The van der Waals surface area contributed by atoms with Crippen LogP contribution >= 0.6 is 34.5 Å². The summed E-state index contributed by atoms with van der Waals surface area (Å²) in [6.45, 7) is 3.54. The van der Waals surface area contributed by atoms with Crippen LogP contribution < -0.4 is 5.32 Å². The van der Waals surface area contributed by atoms with Crippen molar-refractivity contribution in [3.63, 3.8) is 0 Å². The smallest absolute Gasteiger partial charge is 0.348 e. The number of carbonyl (C=O) groups excluding carboxylic acids is 2. The molecule has 0 saturated heterocycles. The summed E-state index contributed by atoms with van der Waals surface area (Å²) >= 11 is 12.9. The fourth-order valence-electron chi connectivity index (χ4n) is 1.98. The van der Waals surface area contributed by atoms with Gasteiger partial charge < -0.3 is 10.1 Å². The van der Waals surface area contributed by atoms with Gasteiger partial charge in [0.25, 0.3) is 5.91 Å². The summed E-state index contributed by atoms with van der Waals surface area (Å²) in [5.74, 6) is -1.05. The third kappa shape index (κ3) is 3.54. The third-order valence-corrected chi connectivity index (χ3v) is 5.15. The normalized spacial score (nSPS) is 10.1. The van der Waals surface area contributed by atoms with Crippen molar-refractivity contribution >= 4 is 51.4 Å². The zero-order valence-corrected chi connectivity index (χ0v) is 15.1. The maximum atomic E-state index is 12.4. The number of anilines is 1. The molecule has 0 spiro atoms. The van der Waals surface area contributed by atoms with Crippen molar-refractivity contribution in [2.75, 3.05) is 11.9 Å². The second-order valence-electron chi connectivity index (χ2n) is 4.65. The summed E-state index contributed by atoms with van der Waals surface area (Å²) in [7, 11) is 0. The highest BCUT2D eigenvalue weighted by atomic mass is 35.5. The maximum absolute atomic E-state index is 12.4. The Hall–Kier alpha value is -2.07. The first-order valence-electron chi connectivity index (χ1n) is 6.86. The Balaban J connectivity index is 2.38. The Morgan fingerprint density at radius 2 is 2.08 bits per heavy atom. The van der Waals surface area contributed by atoms with Crippen molar-refractivity contribution in [3.8, 4) is 6.07 Å². The number of hydrogen-bond acceptors (Lipinski definition) is 5. The number of nitriles is 1. The SMILES string of the molecule is CCOC(=O)c1sc(NC(=O)c2cccc(Cl)c2Cl)c(C#N)c1C. The number of carbonyl (C=O) groups is 2. The van der Waals surface area contributed by atoms with Gasteiger partial charge >= 0.3 is 5.97 Å². The first kappa shape index (κ1) is 18.3. The van der Waals surface area contributed by atoms with Crippen LogP contribution in [0.4, 0.5) is 5.00 Å². The van der Waals surface area contributed by atoms with Crippen LogP contribution in [0.2, 0.25) is 10.0 Å². The second kappa shape index (κ2) is 7.67. The Bertz CT molecular complexity index is 856. The molecule has 5 nitrogen and oxygen atoms in total. The molecule has 2 rings (SSSR count). The zero-order chi connectivity index (χ0) is 17.9. The molecular formula is C16H12Cl2N2O3S. The van der Waals surface area contributed by atoms with E-state index in [1.165, 1.54) is 6.07 Å². The van der Waals surface area contributed by atoms with Gasteiger partial charge in [0.15, 0.2) is 0 Å². The van der Waals surface area contributed by atoms with Gasteiger partial charge in [-0.25, -0.2) is 4.79 Å². The first-order valence-corrected chi connectivity index (χ1v) is 8.43. The summed E-state index contributed by atoms with van der Waals surface area (Å²) in [6, 6.07) is 6.67. The van der Waals surface area contributed by atoms with Crippen LogP contribution in [0.1, 0.15) is 38.1 Å². The number of thiophene rings is 1. The Kier molecular flexibility index (Phi) is 5.84. The molecule has 0 fully saturated rings. The highest BCUT2D eigenvalue weighted by Gasteiger charge is 2.23. The lowest BCUT2D eigenvalue weighted by Gasteiger charge is -2.06. The van der Waals surface area contributed by atoms with E-state index in [0.717, 1.165) is 11.3 Å². The fourth-order valence-corrected chi connectivity index (χ4v) is 3.41. The zero-order valence-electron chi connectivity index (χ0n) is 12.8. The molecule has 0 atom stereocenters. The molecule has 2 aromatic rings. The van der Waals surface area contributed by atoms with E-state index in [1.54, 1.807) is 26.0 Å². The van der Waals surface area contributed by atoms with Crippen LogP contribution in [0.3, 0.4) is 0 Å². The average Bonchev–Trinajstić information content (AvgIpc) is 2.85. The fraction of sp³-hybridized carbons (Fsp3) is 0.188. The highest BCUT2D eigenvalue weighted by Crippen LogP contribution is 2.34. The van der Waals surface area contributed by atoms with Crippen LogP contribution in [0.25, 0.3) is 0 Å². The molecule has 0 bridgehead atoms. The van der Waals surface area contributed by atoms with Crippen molar-refractivity contribution in [2.45, 2.75) is 13.8 Å². The van der Waals surface area contributed by atoms with E-state index in [4.69, 9.17) is 27.9 Å². The van der Waals surface area contributed by atoms with E-state index >= 15 is 0 Å². The van der Waals surface area contributed by atoms with E-state index in [0.29, 0.717) is 5.56 Å². The number of ether oxygens (including phenoxy) is 1. The summed E-state index contributed by atoms with van der Waals surface area (Å²) in [5.41, 5.74) is 0.861. The highest BCUT2D eigenvalue weighted by molar-refractivity contribution is 7.18. The number of esters is 1. The van der Waals surface area contributed by atoms with Gasteiger partial charge in [-0.3, -0.25) is 4.79 Å². The first-order chi connectivity index (χ1) is 11.4. The maximum Gasteiger partial charge on any atom is 0.348 e. The molecule has 0 radical (unpaired) electrons. The third-order valence-electron chi connectivity index (χ3n) is 3.14. The summed E-state index contributed by atoms with van der Waals surface area (Å²) in [5, 5.41) is 12.6. The van der Waals surface area contributed by atoms with E-state index in [9.17, 15) is 14.9 Å². The topological polar surface area (TPSA) is 79.2 Å². The molecule has 1 aromatic carbocycles. The molecule has 1 heterocycles. The molecule has 8 heteroatoms. The molecule has 0 aliphatic carbocycles. The van der Waals surface area contributed by atoms with Gasteiger partial charge in [-0.05, 0) is 31.5 Å². The monoisotopic (exact) mass is 382 g/mol. The number of nitrogens with one attached hydrogen (secondary N) is 1. The number of rotatable bonds is 4. The quantitative estimate of drug-likeness (QED) is 0.779. The van der Waals surface area contributed by atoms with Crippen LogP contribution in [0.15, 0.2) is 18.2 Å². The van der Waals surface area contributed by atoms with Crippen LogP contribution in [0.5, 0.6) is 0 Å². The molecule has 24 heavy (non-hydrogen) atoms. The lowest BCUT2D eigenvalue weighted by Crippen LogP contribution is -2.12. The van der Waals surface area contributed by atoms with Crippen molar-refractivity contribution < 1.29 is 14.3 Å². The van der Waals surface area contributed by atoms with E-state index in [1.807, 2.05) is 6.07 Å². The average molecular weight is 383 g/mol. The van der Waals surface area contributed by atoms with E-state index in [2.05, 4.69) is 5.32 Å². The number of nitrogens with zero attached hydrogens (tertiary/aromatic N) is 1. The number of hydrogen-bond donors (Lipinski definition) is 1. The lowest BCUT2D eigenvalue weighted by molar-refractivity contribution is 0.0531. The molecular weight excluding hydrogens is 371 g/mol. The summed E-state index contributed by atoms with van der Waals surface area (Å²) < 4.78 is 4.96. The molecule has 124 valence electrons. The minimum Gasteiger partial charge on any atom is -0.462 e. The summed E-state index contributed by atoms with van der Waals surface area (Å²) in [6.07, 6.45) is 0. The Morgan fingerprint density at radius 3 is 2.71 bits per heavy atom. The van der Waals surface area contributed by atoms with Gasteiger partial charge in [-0.1, -0.05) is 29.3 Å². The van der Waals surface area contributed by atoms with Gasteiger partial charge in [0.05, 0.1) is 27.8 Å². The molecule has 1 N–H and O–H groups in total. The van der Waals surface area contributed by atoms with Gasteiger partial charge in [0, 0.05) is 0 Å². The Morgan fingerprint density at radius 1 is 1.38 bits per heavy atom. The van der Waals surface area contributed by atoms with Gasteiger partial charge in [-0.2, -0.15) is 5.26 Å². The molecule has 0 aliphatic rings. The van der Waals surface area contributed by atoms with Crippen molar-refractivity contribution in [2.24, 2.45) is 0 Å². The molecule has 1 aromatic heterocycles. The largest absolute Gasteiger partial charge is 0.462 e. The van der Waals surface area contributed by atoms with E-state index in [-0.39, 0.29) is 37.7 Å². The molecule has 1 amide bonds. The van der Waals surface area contributed by atoms with Crippen molar-refractivity contribution in [3.05, 3.63) is 49.8 Å². The molecule has 0 aliphatic heterocycles. The van der Waals surface area contributed by atoms with Crippen LogP contribution in [-0.4, -0.2) is 18.5 Å². The van der Waals surface area contributed by atoms with Gasteiger partial charge in [-0.15, -0.1) is 11.3 Å². The standard InChI is InChI=1S/C16H12Cl2N2O3S/c1-3-23-16(22)13-8(2)10(7-19)15(24-13)20-14(21)9-5-4-6-11(17)12(9)18/h4-6H,3H2,1-2H3,(H,20,21). The lowest BCUT2D eigenvalue weighted by atomic mass is 10.1. The van der Waals surface area contributed by atoms with Crippen molar-refractivity contribution in [1.29, 1.82) is 5.26 Å². The second-order valence-corrected chi connectivity index (χ2v) is 6.45. The summed E-state index contributed by atoms with van der Waals surface area (Å²) in [4.78, 5) is 24.6. The van der Waals surface area contributed by atoms with Gasteiger partial charge in [0.2, 0.25) is 0 Å². The predicted molar refractivity (Wildman–Crippen MR) is 94.1 cm³/mol. The van der Waals surface area contributed by atoms with Crippen molar-refractivity contribution in [1.82, 2.24) is 0 Å². The molecule has 0 unspecified atom stereocenters. The Labute approximate surface area is 152 Å². The number of benzene rings is 1. The minimum absolute atomic E-state index is 0.120. The van der Waals surface area contributed by atoms with Crippen LogP contribution in [0, 0.1) is 18.3 Å². The minimum atomic E-state index is -0.530. The van der Waals surface area contributed by atoms with Crippen LogP contribution in [-0.2, 0) is 4.74 Å². The number of halogens is 2. The van der Waals surface area contributed by atoms with Gasteiger partial charge in [0.1, 0.15) is 15.9 Å². The predicted octanol–water partition coefficient (Wildman–Crippen LogP) is 4.66. The molecule has 0 saturated carbocycles. The van der Waals surface area contributed by atoms with E-state index < -0.39 is 11.9 Å².